The first-order valence-corrected chi connectivity index (χ1v) is 8.17. The Bertz CT molecular complexity index is 878. The van der Waals surface area contributed by atoms with Gasteiger partial charge >= 0.3 is 0 Å². The van der Waals surface area contributed by atoms with Crippen molar-refractivity contribution in [2.24, 2.45) is 0 Å². The fraction of sp³-hybridized carbons (Fsp3) is 0.263. The topological polar surface area (TPSA) is 75.0 Å². The number of ether oxygens (including phenoxy) is 1. The fourth-order valence-electron chi connectivity index (χ4n) is 3.19. The van der Waals surface area contributed by atoms with E-state index >= 15 is 0 Å². The molecule has 1 aliphatic heterocycles. The Morgan fingerprint density at radius 1 is 1.23 bits per heavy atom. The molecule has 26 heavy (non-hydrogen) atoms. The Hall–Kier alpha value is -3.06. The van der Waals surface area contributed by atoms with Crippen molar-refractivity contribution < 1.29 is 14.6 Å². The number of rotatable bonds is 5. The van der Waals surface area contributed by atoms with Gasteiger partial charge in [0, 0.05) is 19.3 Å². The molecule has 1 aliphatic rings. The van der Waals surface area contributed by atoms with Gasteiger partial charge in [-0.1, -0.05) is 36.4 Å². The summed E-state index contributed by atoms with van der Waals surface area (Å²) < 4.78 is 6.77. The number of aromatic nitrogens is 1. The lowest BCUT2D eigenvalue weighted by atomic mass is 10.0. The van der Waals surface area contributed by atoms with Gasteiger partial charge in [0.1, 0.15) is 12.7 Å². The number of carbonyl (C=O) groups is 1. The molecule has 7 nitrogen and oxygen atoms in total. The summed E-state index contributed by atoms with van der Waals surface area (Å²) in [4.78, 5) is 26.3. The van der Waals surface area contributed by atoms with Crippen molar-refractivity contribution in [3.05, 3.63) is 76.7 Å². The predicted octanol–water partition coefficient (Wildman–Crippen LogP) is 1.13. The summed E-state index contributed by atoms with van der Waals surface area (Å²) in [7, 11) is 3.00. The zero-order chi connectivity index (χ0) is 18.8. The quantitative estimate of drug-likeness (QED) is 0.814. The molecule has 0 spiro atoms. The molecule has 0 bridgehead atoms. The second-order valence-corrected chi connectivity index (χ2v) is 6.07. The van der Waals surface area contributed by atoms with Crippen LogP contribution in [0.4, 0.5) is 0 Å². The second kappa shape index (κ2) is 7.05. The summed E-state index contributed by atoms with van der Waals surface area (Å²) in [5.74, 6) is -0.343. The lowest BCUT2D eigenvalue weighted by Gasteiger charge is -2.43. The predicted molar refractivity (Wildman–Crippen MR) is 97.8 cm³/mol. The molecular weight excluding hydrogens is 334 g/mol. The van der Waals surface area contributed by atoms with Crippen LogP contribution in [0.5, 0.6) is 5.75 Å². The zero-order valence-electron chi connectivity index (χ0n) is 14.7. The normalized spacial score (nSPS) is 16.0. The van der Waals surface area contributed by atoms with Gasteiger partial charge < -0.3 is 14.7 Å². The van der Waals surface area contributed by atoms with Crippen LogP contribution in [0.25, 0.3) is 0 Å². The molecule has 2 aromatic rings. The standard InChI is InChI=1S/C19H21N3O4/c1-4-14(23)16(13-8-6-5-7-9-13)22-12-20(2)19(25)17-18(26-3)15(24)10-11-21(17)22/h4-11,14,16,23H,1,12H2,2-3H3. The van der Waals surface area contributed by atoms with Gasteiger partial charge in [-0.05, 0) is 5.56 Å². The maximum absolute atomic E-state index is 12.7. The molecule has 7 heteroatoms. The molecule has 2 atom stereocenters. The first-order chi connectivity index (χ1) is 12.5. The molecular formula is C19H21N3O4. The Balaban J connectivity index is 2.22. The average Bonchev–Trinajstić information content (AvgIpc) is 2.66. The Morgan fingerprint density at radius 3 is 2.54 bits per heavy atom. The van der Waals surface area contributed by atoms with E-state index in [1.165, 1.54) is 30.3 Å². The molecule has 0 saturated heterocycles. The van der Waals surface area contributed by atoms with E-state index < -0.39 is 12.1 Å². The van der Waals surface area contributed by atoms with Gasteiger partial charge in [-0.15, -0.1) is 6.58 Å². The molecule has 3 rings (SSSR count). The molecule has 0 fully saturated rings. The molecule has 1 aromatic heterocycles. The minimum Gasteiger partial charge on any atom is -0.491 e. The van der Waals surface area contributed by atoms with Crippen molar-refractivity contribution in [3.63, 3.8) is 0 Å². The number of hydrogen-bond acceptors (Lipinski definition) is 5. The van der Waals surface area contributed by atoms with Crippen LogP contribution in [0.1, 0.15) is 22.1 Å². The second-order valence-electron chi connectivity index (χ2n) is 6.07. The number of nitrogens with zero attached hydrogens (tertiary/aromatic N) is 3. The van der Waals surface area contributed by atoms with E-state index in [2.05, 4.69) is 6.58 Å². The van der Waals surface area contributed by atoms with E-state index in [-0.39, 0.29) is 29.4 Å². The van der Waals surface area contributed by atoms with E-state index in [1.54, 1.807) is 16.7 Å². The number of aliphatic hydroxyl groups is 1. The zero-order valence-corrected chi connectivity index (χ0v) is 14.7. The number of amides is 1. The van der Waals surface area contributed by atoms with E-state index in [1.807, 2.05) is 30.3 Å². The molecule has 1 N–H and O–H groups in total. The summed E-state index contributed by atoms with van der Waals surface area (Å²) in [5.41, 5.74) is 0.611. The van der Waals surface area contributed by atoms with Gasteiger partial charge in [0.15, 0.2) is 11.4 Å². The van der Waals surface area contributed by atoms with E-state index in [0.29, 0.717) is 0 Å². The summed E-state index contributed by atoms with van der Waals surface area (Å²) in [6.07, 6.45) is 2.09. The van der Waals surface area contributed by atoms with Crippen LogP contribution in [0.2, 0.25) is 0 Å². The van der Waals surface area contributed by atoms with Gasteiger partial charge in [0.25, 0.3) is 5.91 Å². The van der Waals surface area contributed by atoms with Gasteiger partial charge in [-0.3, -0.25) is 19.3 Å². The van der Waals surface area contributed by atoms with Crippen molar-refractivity contribution in [1.82, 2.24) is 9.58 Å². The number of hydrogen-bond donors (Lipinski definition) is 1. The largest absolute Gasteiger partial charge is 0.491 e. The molecule has 0 saturated carbocycles. The molecule has 2 unspecified atom stereocenters. The number of benzene rings is 1. The SMILES string of the molecule is C=CC(O)C(c1ccccc1)N1CN(C)C(=O)c2c(OC)c(=O)ccn21. The highest BCUT2D eigenvalue weighted by Gasteiger charge is 2.36. The third kappa shape index (κ3) is 2.86. The van der Waals surface area contributed by atoms with Gasteiger partial charge in [0.05, 0.1) is 13.2 Å². The minimum absolute atomic E-state index is 0.0195. The Kier molecular flexibility index (Phi) is 4.81. The number of methoxy groups -OCH3 is 1. The van der Waals surface area contributed by atoms with Gasteiger partial charge in [-0.25, -0.2) is 0 Å². The lowest BCUT2D eigenvalue weighted by molar-refractivity contribution is 0.0693. The van der Waals surface area contributed by atoms with Gasteiger partial charge in [0.2, 0.25) is 5.43 Å². The van der Waals surface area contributed by atoms with Crippen LogP contribution in [0.3, 0.4) is 0 Å². The van der Waals surface area contributed by atoms with E-state index in [0.717, 1.165) is 5.56 Å². The maximum atomic E-state index is 12.7. The first-order valence-electron chi connectivity index (χ1n) is 8.17. The number of pyridine rings is 1. The fourth-order valence-corrected chi connectivity index (χ4v) is 3.19. The van der Waals surface area contributed by atoms with Gasteiger partial charge in [-0.2, -0.15) is 0 Å². The molecule has 136 valence electrons. The number of aliphatic hydroxyl groups excluding tert-OH is 1. The summed E-state index contributed by atoms with van der Waals surface area (Å²) in [5, 5.41) is 12.4. The third-order valence-corrected chi connectivity index (χ3v) is 4.45. The summed E-state index contributed by atoms with van der Waals surface area (Å²) in [6.45, 7) is 3.92. The summed E-state index contributed by atoms with van der Waals surface area (Å²) in [6, 6.07) is 10.3. The van der Waals surface area contributed by atoms with Crippen molar-refractivity contribution in [3.8, 4) is 5.75 Å². The third-order valence-electron chi connectivity index (χ3n) is 4.45. The van der Waals surface area contributed by atoms with E-state index in [4.69, 9.17) is 4.74 Å². The van der Waals surface area contributed by atoms with Crippen LogP contribution < -0.4 is 15.2 Å². The summed E-state index contributed by atoms with van der Waals surface area (Å²) >= 11 is 0. The molecule has 2 heterocycles. The Labute approximate surface area is 151 Å². The molecule has 0 radical (unpaired) electrons. The monoisotopic (exact) mass is 355 g/mol. The minimum atomic E-state index is -0.891. The van der Waals surface area contributed by atoms with Crippen LogP contribution in [0, 0.1) is 0 Å². The first kappa shape index (κ1) is 17.8. The highest BCUT2D eigenvalue weighted by molar-refractivity contribution is 5.96. The van der Waals surface area contributed by atoms with Crippen LogP contribution >= 0.6 is 0 Å². The number of fused-ring (bicyclic) bond motifs is 1. The number of carbonyl (C=O) groups excluding carboxylic acids is 1. The Morgan fingerprint density at radius 2 is 1.92 bits per heavy atom. The van der Waals surface area contributed by atoms with Crippen LogP contribution in [0.15, 0.2) is 60.0 Å². The van der Waals surface area contributed by atoms with Crippen molar-refractivity contribution in [1.29, 1.82) is 0 Å². The molecule has 0 aliphatic carbocycles. The van der Waals surface area contributed by atoms with E-state index in [9.17, 15) is 14.7 Å². The average molecular weight is 355 g/mol. The lowest BCUT2D eigenvalue weighted by Crippen LogP contribution is -2.56. The molecule has 1 amide bonds. The van der Waals surface area contributed by atoms with Crippen LogP contribution in [-0.2, 0) is 0 Å². The van der Waals surface area contributed by atoms with Crippen molar-refractivity contribution in [2.75, 3.05) is 25.8 Å². The highest BCUT2D eigenvalue weighted by atomic mass is 16.5. The smallest absolute Gasteiger partial charge is 0.277 e. The highest BCUT2D eigenvalue weighted by Crippen LogP contribution is 2.29. The molecule has 1 aromatic carbocycles. The maximum Gasteiger partial charge on any atom is 0.277 e. The van der Waals surface area contributed by atoms with Crippen LogP contribution in [-0.4, -0.2) is 47.5 Å². The van der Waals surface area contributed by atoms with Crippen molar-refractivity contribution >= 4 is 5.91 Å². The van der Waals surface area contributed by atoms with Crippen molar-refractivity contribution in [2.45, 2.75) is 12.1 Å².